The Morgan fingerprint density at radius 1 is 0.660 bits per heavy atom. The summed E-state index contributed by atoms with van der Waals surface area (Å²) in [5.41, 5.74) is 3.03. The fourth-order valence-corrected chi connectivity index (χ4v) is 5.69. The van der Waals surface area contributed by atoms with Crippen molar-refractivity contribution < 1.29 is 37.7 Å². The van der Waals surface area contributed by atoms with Crippen LogP contribution < -0.4 is 33.2 Å². The molecule has 3 aromatic rings. The third-order valence-electron chi connectivity index (χ3n) is 6.78. The van der Waals surface area contributed by atoms with E-state index in [2.05, 4.69) is 47.6 Å². The normalized spacial score (nSPS) is 11.0. The second-order valence-electron chi connectivity index (χ2n) is 10.6. The molecule has 1 heterocycles. The molecule has 3 rings (SSSR count). The van der Waals surface area contributed by atoms with E-state index in [0.29, 0.717) is 58.5 Å². The van der Waals surface area contributed by atoms with Crippen LogP contribution in [0.2, 0.25) is 0 Å². The zero-order chi connectivity index (χ0) is 34.3. The number of nitrogens with zero attached hydrogens (tertiary/aromatic N) is 4. The van der Waals surface area contributed by atoms with Gasteiger partial charge in [0.1, 0.15) is 0 Å². The molecule has 0 fully saturated rings. The number of thioether (sulfide) groups is 1. The minimum atomic E-state index is 0.295. The van der Waals surface area contributed by atoms with Crippen molar-refractivity contribution in [1.29, 1.82) is 0 Å². The summed E-state index contributed by atoms with van der Waals surface area (Å²) in [5.74, 6) is 4.28. The lowest BCUT2D eigenvalue weighted by Gasteiger charge is -2.13. The van der Waals surface area contributed by atoms with Crippen molar-refractivity contribution in [3.8, 4) is 40.5 Å². The van der Waals surface area contributed by atoms with Crippen LogP contribution >= 0.6 is 11.8 Å². The first-order valence-electron chi connectivity index (χ1n) is 15.0. The van der Waals surface area contributed by atoms with Crippen molar-refractivity contribution >= 4 is 41.2 Å². The summed E-state index contributed by atoms with van der Waals surface area (Å²) in [4.78, 5) is 11.5. The molecule has 12 heteroatoms. The number of amidine groups is 1. The van der Waals surface area contributed by atoms with Gasteiger partial charge >= 0.3 is 11.2 Å². The summed E-state index contributed by atoms with van der Waals surface area (Å²) >= 11 is 1.82. The van der Waals surface area contributed by atoms with E-state index < -0.39 is 0 Å². The number of benzene rings is 2. The predicted octanol–water partition coefficient (Wildman–Crippen LogP) is 5.95. The van der Waals surface area contributed by atoms with Crippen molar-refractivity contribution in [3.63, 3.8) is 0 Å². The zero-order valence-corrected chi connectivity index (χ0v) is 29.9. The number of unbranched alkanes of at least 4 members (excludes halogenated alkanes) is 1. The summed E-state index contributed by atoms with van der Waals surface area (Å²) in [6, 6.07) is 9.66. The number of hydrogen-bond acceptors (Lipinski definition) is 10. The third-order valence-corrected chi connectivity index (χ3v) is 8.26. The van der Waals surface area contributed by atoms with Crippen LogP contribution in [0.3, 0.4) is 0 Å². The van der Waals surface area contributed by atoms with Crippen LogP contribution in [0.4, 0.5) is 0 Å². The summed E-state index contributed by atoms with van der Waals surface area (Å²) in [6.07, 6.45) is 9.48. The van der Waals surface area contributed by atoms with Gasteiger partial charge in [0.05, 0.1) is 88.8 Å². The fourth-order valence-electron chi connectivity index (χ4n) is 4.64. The van der Waals surface area contributed by atoms with Gasteiger partial charge in [-0.1, -0.05) is 12.2 Å². The Bertz CT molecular complexity index is 1430. The highest BCUT2D eigenvalue weighted by atomic mass is 32.2. The number of rotatable bonds is 16. The van der Waals surface area contributed by atoms with Gasteiger partial charge in [-0.05, 0) is 78.2 Å². The first kappa shape index (κ1) is 36.9. The lowest BCUT2D eigenvalue weighted by Crippen LogP contribution is -2.27. The first-order valence-corrected chi connectivity index (χ1v) is 16.0. The van der Waals surface area contributed by atoms with Crippen LogP contribution in [-0.2, 0) is 0 Å². The lowest BCUT2D eigenvalue weighted by molar-refractivity contribution is -0.466. The van der Waals surface area contributed by atoms with E-state index in [1.165, 1.54) is 5.17 Å². The summed E-state index contributed by atoms with van der Waals surface area (Å²) in [5, 5.41) is 1.21. The molecule has 1 aromatic heterocycles. The van der Waals surface area contributed by atoms with E-state index in [9.17, 15) is 0 Å². The SMILES string of the molecule is COc1cc(/C=C/c2cc(/C=C/c3cc(OC)c(OC)c(OC)c3)nc(OCCCCSC(N(C)C)=[N+](C)C)n2)cc(OC)c1OC. The van der Waals surface area contributed by atoms with Crippen LogP contribution in [-0.4, -0.2) is 108 Å². The number of aromatic nitrogens is 2. The predicted molar refractivity (Wildman–Crippen MR) is 190 cm³/mol. The summed E-state index contributed by atoms with van der Waals surface area (Å²) in [7, 11) is 17.7. The Hall–Kier alpha value is -4.58. The Kier molecular flexibility index (Phi) is 14.5. The van der Waals surface area contributed by atoms with Crippen molar-refractivity contribution in [1.82, 2.24) is 14.9 Å². The average Bonchev–Trinajstić information content (AvgIpc) is 3.07. The average molecular weight is 668 g/mol. The molecule has 0 unspecified atom stereocenters. The van der Waals surface area contributed by atoms with E-state index in [-0.39, 0.29) is 0 Å². The topological polar surface area (TPSA) is 96.6 Å². The molecule has 0 N–H and O–H groups in total. The maximum absolute atomic E-state index is 6.06. The molecule has 0 bridgehead atoms. The molecule has 0 aliphatic heterocycles. The van der Waals surface area contributed by atoms with Gasteiger partial charge in [0.2, 0.25) is 11.5 Å². The van der Waals surface area contributed by atoms with Gasteiger partial charge in [0, 0.05) is 5.75 Å². The molecule has 0 amide bonds. The van der Waals surface area contributed by atoms with Crippen molar-refractivity contribution in [2.24, 2.45) is 0 Å². The Balaban J connectivity index is 1.88. The first-order chi connectivity index (χ1) is 22.7. The molecule has 0 saturated heterocycles. The molecule has 0 spiro atoms. The summed E-state index contributed by atoms with van der Waals surface area (Å²) < 4.78 is 41.2. The second kappa shape index (κ2) is 18.5. The number of ether oxygens (including phenoxy) is 7. The minimum absolute atomic E-state index is 0.295. The number of methoxy groups -OCH3 is 6. The molecule has 2 aromatic carbocycles. The number of hydrogen-bond donors (Lipinski definition) is 0. The second-order valence-corrected chi connectivity index (χ2v) is 11.6. The standard InChI is InChI=1S/C35H47N4O7S/c1-38(2)35(39(3)4)47-18-12-11-17-46-34-36-26(15-13-24-19-28(40-5)32(44-9)29(20-24)41-6)23-27(37-34)16-14-25-21-30(42-7)33(45-10)31(22-25)43-8/h13-16,19-23H,11-12,17-18H2,1-10H3/q+1/b15-13+,16-14+. The van der Waals surface area contributed by atoms with Crippen molar-refractivity contribution in [2.75, 3.05) is 83.2 Å². The molecular formula is C35H47N4O7S+. The molecule has 47 heavy (non-hydrogen) atoms. The molecule has 0 radical (unpaired) electrons. The highest BCUT2D eigenvalue weighted by Gasteiger charge is 2.14. The molecular weight excluding hydrogens is 620 g/mol. The highest BCUT2D eigenvalue weighted by Crippen LogP contribution is 2.39. The third kappa shape index (κ3) is 10.5. The van der Waals surface area contributed by atoms with E-state index in [1.54, 1.807) is 42.7 Å². The van der Waals surface area contributed by atoms with Gasteiger partial charge in [-0.25, -0.2) is 0 Å². The minimum Gasteiger partial charge on any atom is -0.493 e. The van der Waals surface area contributed by atoms with Gasteiger partial charge in [0.25, 0.3) is 0 Å². The smallest absolute Gasteiger partial charge is 0.317 e. The van der Waals surface area contributed by atoms with Crippen LogP contribution in [0.25, 0.3) is 24.3 Å². The van der Waals surface area contributed by atoms with Crippen LogP contribution in [0.1, 0.15) is 35.4 Å². The molecule has 0 saturated carbocycles. The van der Waals surface area contributed by atoms with Crippen molar-refractivity contribution in [2.45, 2.75) is 12.8 Å². The summed E-state index contributed by atoms with van der Waals surface area (Å²) in [6.45, 7) is 0.496. The van der Waals surface area contributed by atoms with Crippen molar-refractivity contribution in [3.05, 3.63) is 52.8 Å². The van der Waals surface area contributed by atoms with Gasteiger partial charge in [-0.3, -0.25) is 9.48 Å². The van der Waals surface area contributed by atoms with E-state index in [4.69, 9.17) is 33.2 Å². The maximum Gasteiger partial charge on any atom is 0.317 e. The Morgan fingerprint density at radius 2 is 1.11 bits per heavy atom. The molecule has 0 aliphatic rings. The molecule has 11 nitrogen and oxygen atoms in total. The molecule has 0 aliphatic carbocycles. The molecule has 0 atom stereocenters. The lowest BCUT2D eigenvalue weighted by atomic mass is 10.1. The quantitative estimate of drug-likeness (QED) is 0.0785. The monoisotopic (exact) mass is 667 g/mol. The van der Waals surface area contributed by atoms with Crippen LogP contribution in [0.5, 0.6) is 40.5 Å². The van der Waals surface area contributed by atoms with Gasteiger partial charge < -0.3 is 33.2 Å². The Morgan fingerprint density at radius 3 is 1.47 bits per heavy atom. The van der Waals surface area contributed by atoms with Crippen LogP contribution in [0.15, 0.2) is 30.3 Å². The van der Waals surface area contributed by atoms with E-state index >= 15 is 0 Å². The van der Waals surface area contributed by atoms with Gasteiger partial charge in [-0.15, -0.1) is 0 Å². The van der Waals surface area contributed by atoms with Gasteiger partial charge in [0.15, 0.2) is 23.0 Å². The largest absolute Gasteiger partial charge is 0.493 e. The highest BCUT2D eigenvalue weighted by molar-refractivity contribution is 8.13. The van der Waals surface area contributed by atoms with Gasteiger partial charge in [-0.2, -0.15) is 9.97 Å². The fraction of sp³-hybridized carbons (Fsp3) is 0.400. The Labute approximate surface area is 282 Å². The van der Waals surface area contributed by atoms with E-state index in [0.717, 1.165) is 29.7 Å². The maximum atomic E-state index is 6.06. The van der Waals surface area contributed by atoms with Crippen LogP contribution in [0, 0.1) is 0 Å². The zero-order valence-electron chi connectivity index (χ0n) is 29.1. The van der Waals surface area contributed by atoms with E-state index in [1.807, 2.05) is 66.4 Å². The molecule has 254 valence electrons.